The average Bonchev–Trinajstić information content (AvgIpc) is 1.87. The van der Waals surface area contributed by atoms with Gasteiger partial charge in [0.1, 0.15) is 0 Å². The fourth-order valence-corrected chi connectivity index (χ4v) is 0.606. The lowest BCUT2D eigenvalue weighted by Crippen LogP contribution is -2.01. The first-order valence-corrected chi connectivity index (χ1v) is 4.00. The Balaban J connectivity index is 2.97. The van der Waals surface area contributed by atoms with Gasteiger partial charge in [0.25, 0.3) is 0 Å². The summed E-state index contributed by atoms with van der Waals surface area (Å²) < 4.78 is 5.31. The van der Waals surface area contributed by atoms with Gasteiger partial charge in [-0.3, -0.25) is 0 Å². The van der Waals surface area contributed by atoms with E-state index in [1.807, 2.05) is 0 Å². The van der Waals surface area contributed by atoms with Gasteiger partial charge in [0.2, 0.25) is 0 Å². The summed E-state index contributed by atoms with van der Waals surface area (Å²) in [5.41, 5.74) is 0. The molecule has 0 aromatic rings. The zero-order valence-corrected chi connectivity index (χ0v) is 7.26. The van der Waals surface area contributed by atoms with Crippen molar-refractivity contribution in [2.75, 3.05) is 13.2 Å². The maximum Gasteiger partial charge on any atom is 0.0647 e. The molecule has 0 amide bonds. The van der Waals surface area contributed by atoms with Gasteiger partial charge in [-0.1, -0.05) is 32.9 Å². The van der Waals surface area contributed by atoms with Crippen LogP contribution in [0.1, 0.15) is 27.2 Å². The van der Waals surface area contributed by atoms with E-state index in [-0.39, 0.29) is 0 Å². The Morgan fingerprint density at radius 1 is 1.30 bits per heavy atom. The SMILES string of the molecule is CC/C=C/COCC(C)C. The topological polar surface area (TPSA) is 9.23 Å². The third-order valence-corrected chi connectivity index (χ3v) is 1.07. The van der Waals surface area contributed by atoms with Crippen molar-refractivity contribution in [3.8, 4) is 0 Å². The van der Waals surface area contributed by atoms with Crippen LogP contribution >= 0.6 is 0 Å². The second-order valence-corrected chi connectivity index (χ2v) is 2.81. The molecule has 0 aliphatic heterocycles. The minimum absolute atomic E-state index is 0.648. The van der Waals surface area contributed by atoms with Gasteiger partial charge in [-0.2, -0.15) is 0 Å². The van der Waals surface area contributed by atoms with Gasteiger partial charge in [-0.25, -0.2) is 0 Å². The molecule has 0 bridgehead atoms. The molecule has 0 N–H and O–H groups in total. The fourth-order valence-electron chi connectivity index (χ4n) is 0.606. The van der Waals surface area contributed by atoms with E-state index in [0.29, 0.717) is 5.92 Å². The van der Waals surface area contributed by atoms with Gasteiger partial charge >= 0.3 is 0 Å². The Labute approximate surface area is 64.1 Å². The molecule has 60 valence electrons. The van der Waals surface area contributed by atoms with E-state index in [2.05, 4.69) is 32.9 Å². The number of hydrogen-bond donors (Lipinski definition) is 0. The average molecular weight is 142 g/mol. The van der Waals surface area contributed by atoms with Gasteiger partial charge in [0.15, 0.2) is 0 Å². The molecule has 0 unspecified atom stereocenters. The summed E-state index contributed by atoms with van der Waals surface area (Å²) in [6, 6.07) is 0. The highest BCUT2D eigenvalue weighted by molar-refractivity contribution is 4.79. The summed E-state index contributed by atoms with van der Waals surface area (Å²) >= 11 is 0. The molecule has 0 fully saturated rings. The largest absolute Gasteiger partial charge is 0.377 e. The van der Waals surface area contributed by atoms with Gasteiger partial charge in [0, 0.05) is 6.61 Å². The van der Waals surface area contributed by atoms with Crippen LogP contribution in [0.2, 0.25) is 0 Å². The Bertz CT molecular complexity index is 84.7. The van der Waals surface area contributed by atoms with Crippen molar-refractivity contribution in [3.63, 3.8) is 0 Å². The highest BCUT2D eigenvalue weighted by atomic mass is 16.5. The van der Waals surface area contributed by atoms with E-state index in [1.54, 1.807) is 0 Å². The zero-order chi connectivity index (χ0) is 7.82. The van der Waals surface area contributed by atoms with Gasteiger partial charge in [0.05, 0.1) is 6.61 Å². The molecule has 10 heavy (non-hydrogen) atoms. The van der Waals surface area contributed by atoms with Gasteiger partial charge in [-0.05, 0) is 12.3 Å². The summed E-state index contributed by atoms with van der Waals surface area (Å²) in [4.78, 5) is 0. The maximum atomic E-state index is 5.31. The maximum absolute atomic E-state index is 5.31. The first-order chi connectivity index (χ1) is 4.77. The molecular weight excluding hydrogens is 124 g/mol. The molecule has 0 aromatic carbocycles. The monoisotopic (exact) mass is 142 g/mol. The van der Waals surface area contributed by atoms with E-state index in [4.69, 9.17) is 4.74 Å². The van der Waals surface area contributed by atoms with Crippen molar-refractivity contribution in [2.45, 2.75) is 27.2 Å². The third kappa shape index (κ3) is 7.70. The molecule has 0 aromatic heterocycles. The van der Waals surface area contributed by atoms with E-state index in [9.17, 15) is 0 Å². The Morgan fingerprint density at radius 3 is 2.50 bits per heavy atom. The second-order valence-electron chi connectivity index (χ2n) is 2.81. The molecule has 0 saturated heterocycles. The molecule has 0 atom stereocenters. The van der Waals surface area contributed by atoms with Crippen molar-refractivity contribution in [1.82, 2.24) is 0 Å². The molecule has 0 aliphatic carbocycles. The first kappa shape index (κ1) is 9.70. The lowest BCUT2D eigenvalue weighted by atomic mass is 10.2. The highest BCUT2D eigenvalue weighted by Gasteiger charge is 1.89. The number of ether oxygens (including phenoxy) is 1. The molecule has 1 nitrogen and oxygen atoms in total. The standard InChI is InChI=1S/C9H18O/c1-4-5-6-7-10-8-9(2)3/h5-6,9H,4,7-8H2,1-3H3/b6-5+. The molecular formula is C9H18O. The van der Waals surface area contributed by atoms with Gasteiger partial charge in [-0.15, -0.1) is 0 Å². The minimum Gasteiger partial charge on any atom is -0.377 e. The predicted octanol–water partition coefficient (Wildman–Crippen LogP) is 2.63. The van der Waals surface area contributed by atoms with Crippen LogP contribution in [0.4, 0.5) is 0 Å². The van der Waals surface area contributed by atoms with Crippen LogP contribution in [0.3, 0.4) is 0 Å². The molecule has 0 radical (unpaired) electrons. The van der Waals surface area contributed by atoms with E-state index in [0.717, 1.165) is 19.6 Å². The first-order valence-electron chi connectivity index (χ1n) is 4.00. The van der Waals surface area contributed by atoms with Crippen LogP contribution < -0.4 is 0 Å². The van der Waals surface area contributed by atoms with Crippen molar-refractivity contribution >= 4 is 0 Å². The summed E-state index contributed by atoms with van der Waals surface area (Å²) in [5.74, 6) is 0.648. The third-order valence-electron chi connectivity index (χ3n) is 1.07. The minimum atomic E-state index is 0.648. The molecule has 0 saturated carbocycles. The van der Waals surface area contributed by atoms with Crippen molar-refractivity contribution in [3.05, 3.63) is 12.2 Å². The highest BCUT2D eigenvalue weighted by Crippen LogP contribution is 1.92. The number of allylic oxidation sites excluding steroid dienone is 1. The molecule has 0 aliphatic rings. The predicted molar refractivity (Wildman–Crippen MR) is 45.1 cm³/mol. The smallest absolute Gasteiger partial charge is 0.0647 e. The van der Waals surface area contributed by atoms with Crippen LogP contribution in [0, 0.1) is 5.92 Å². The van der Waals surface area contributed by atoms with Crippen LogP contribution in [0.15, 0.2) is 12.2 Å². The van der Waals surface area contributed by atoms with Crippen LogP contribution in [0.25, 0.3) is 0 Å². The Hall–Kier alpha value is -0.300. The normalized spacial score (nSPS) is 11.6. The van der Waals surface area contributed by atoms with Gasteiger partial charge < -0.3 is 4.74 Å². The van der Waals surface area contributed by atoms with E-state index < -0.39 is 0 Å². The summed E-state index contributed by atoms with van der Waals surface area (Å²) in [6.07, 6.45) is 5.30. The summed E-state index contributed by atoms with van der Waals surface area (Å²) in [6.45, 7) is 8.08. The fraction of sp³-hybridized carbons (Fsp3) is 0.778. The molecule has 0 rings (SSSR count). The molecule has 0 spiro atoms. The summed E-state index contributed by atoms with van der Waals surface area (Å²) in [7, 11) is 0. The lowest BCUT2D eigenvalue weighted by molar-refractivity contribution is 0.135. The molecule has 1 heteroatoms. The summed E-state index contributed by atoms with van der Waals surface area (Å²) in [5, 5.41) is 0. The number of rotatable bonds is 5. The van der Waals surface area contributed by atoms with E-state index in [1.165, 1.54) is 0 Å². The molecule has 0 heterocycles. The van der Waals surface area contributed by atoms with Crippen molar-refractivity contribution < 1.29 is 4.74 Å². The van der Waals surface area contributed by atoms with Crippen LogP contribution in [-0.2, 0) is 4.74 Å². The Morgan fingerprint density at radius 2 is 2.00 bits per heavy atom. The zero-order valence-electron chi connectivity index (χ0n) is 7.26. The van der Waals surface area contributed by atoms with Crippen molar-refractivity contribution in [1.29, 1.82) is 0 Å². The van der Waals surface area contributed by atoms with Crippen molar-refractivity contribution in [2.24, 2.45) is 5.92 Å². The second kappa shape index (κ2) is 6.81. The van der Waals surface area contributed by atoms with Crippen LogP contribution in [-0.4, -0.2) is 13.2 Å². The van der Waals surface area contributed by atoms with Crippen LogP contribution in [0.5, 0.6) is 0 Å². The lowest BCUT2D eigenvalue weighted by Gasteiger charge is -2.02. The quantitative estimate of drug-likeness (QED) is 0.423. The number of hydrogen-bond acceptors (Lipinski definition) is 1. The van der Waals surface area contributed by atoms with E-state index >= 15 is 0 Å². The Kier molecular flexibility index (Phi) is 6.61.